The van der Waals surface area contributed by atoms with Crippen molar-refractivity contribution in [3.05, 3.63) is 81.8 Å². The lowest BCUT2D eigenvalue weighted by atomic mass is 9.93. The Balaban J connectivity index is 1.61. The number of ether oxygens (including phenoxy) is 2. The number of carbonyl (C=O) groups is 1. The van der Waals surface area contributed by atoms with Crippen LogP contribution in [0.4, 0.5) is 0 Å². The van der Waals surface area contributed by atoms with Crippen LogP contribution >= 0.6 is 15.9 Å². The first-order valence-electron chi connectivity index (χ1n) is 9.29. The van der Waals surface area contributed by atoms with Crippen LogP contribution in [0.15, 0.2) is 59.2 Å². The largest absolute Gasteiger partial charge is 0.355 e. The molecule has 0 amide bonds. The lowest BCUT2D eigenvalue weighted by Crippen LogP contribution is -2.41. The van der Waals surface area contributed by atoms with Gasteiger partial charge in [-0.1, -0.05) is 44.2 Å². The van der Waals surface area contributed by atoms with Crippen LogP contribution in [0, 0.1) is 5.41 Å². The Morgan fingerprint density at radius 3 is 2.29 bits per heavy atom. The van der Waals surface area contributed by atoms with Gasteiger partial charge >= 0.3 is 0 Å². The molecule has 1 fully saturated rings. The predicted octanol–water partition coefficient (Wildman–Crippen LogP) is 4.87. The summed E-state index contributed by atoms with van der Waals surface area (Å²) in [5.74, 6) is -0.220. The lowest BCUT2D eigenvalue weighted by Gasteiger charge is -2.33. The monoisotopic (exact) mass is 442 g/mol. The first-order valence-corrected chi connectivity index (χ1v) is 10.1. The Labute approximate surface area is 172 Å². The first kappa shape index (κ1) is 19.2. The minimum absolute atomic E-state index is 0.0406. The number of benzene rings is 1. The van der Waals surface area contributed by atoms with Crippen molar-refractivity contribution in [1.82, 2.24) is 9.97 Å². The van der Waals surface area contributed by atoms with Crippen LogP contribution in [0.1, 0.15) is 47.2 Å². The first-order chi connectivity index (χ1) is 13.4. The number of carbonyl (C=O) groups excluding carboxylic acids is 1. The maximum Gasteiger partial charge on any atom is 0.234 e. The molecule has 0 saturated carbocycles. The Morgan fingerprint density at radius 2 is 1.64 bits per heavy atom. The molecule has 0 spiro atoms. The highest BCUT2D eigenvalue weighted by atomic mass is 79.9. The zero-order valence-electron chi connectivity index (χ0n) is 15.9. The van der Waals surface area contributed by atoms with Crippen molar-refractivity contribution >= 4 is 21.7 Å². The fourth-order valence-electron chi connectivity index (χ4n) is 3.42. The molecule has 2 aromatic heterocycles. The maximum atomic E-state index is 12.8. The number of hydrogen-bond donors (Lipinski definition) is 2. The van der Waals surface area contributed by atoms with E-state index in [4.69, 9.17) is 9.47 Å². The fourth-order valence-corrected chi connectivity index (χ4v) is 3.78. The van der Waals surface area contributed by atoms with Crippen molar-refractivity contribution in [2.24, 2.45) is 5.41 Å². The van der Waals surface area contributed by atoms with E-state index in [2.05, 4.69) is 51.9 Å². The van der Waals surface area contributed by atoms with Gasteiger partial charge in [-0.15, -0.1) is 0 Å². The molecule has 28 heavy (non-hydrogen) atoms. The lowest BCUT2D eigenvalue weighted by molar-refractivity contribution is -0.196. The number of nitrogens with one attached hydrogen (secondary N) is 2. The van der Waals surface area contributed by atoms with Gasteiger partial charge in [-0.25, -0.2) is 0 Å². The molecule has 1 aliphatic rings. The topological polar surface area (TPSA) is 67.1 Å². The fraction of sp³-hybridized carbons (Fsp3) is 0.318. The summed E-state index contributed by atoms with van der Waals surface area (Å²) in [5, 5.41) is 0. The third kappa shape index (κ3) is 3.99. The van der Waals surface area contributed by atoms with E-state index >= 15 is 0 Å². The highest BCUT2D eigenvalue weighted by Gasteiger charge is 2.33. The van der Waals surface area contributed by atoms with Crippen LogP contribution in [0.5, 0.6) is 0 Å². The molecular formula is C22H23BrN2O3. The quantitative estimate of drug-likeness (QED) is 0.553. The van der Waals surface area contributed by atoms with Crippen LogP contribution in [0.25, 0.3) is 0 Å². The molecule has 1 saturated heterocycles. The molecule has 1 atom stereocenters. The van der Waals surface area contributed by atoms with E-state index in [1.54, 1.807) is 6.07 Å². The summed E-state index contributed by atoms with van der Waals surface area (Å²) in [7, 11) is 0. The van der Waals surface area contributed by atoms with Gasteiger partial charge in [0.2, 0.25) is 12.1 Å². The van der Waals surface area contributed by atoms with Crippen LogP contribution in [0.2, 0.25) is 0 Å². The standard InChI is InChI=1S/C22H23BrN2O3/c1-22(2)12-27-21(28-13-22)20(26)17-9-8-15(24-17)19(14-6-4-3-5-7-14)16-10-11-18(23)25-16/h3-11,19,21,24-25H,12-13H2,1-2H3. The molecular weight excluding hydrogens is 420 g/mol. The van der Waals surface area contributed by atoms with E-state index in [-0.39, 0.29) is 17.1 Å². The van der Waals surface area contributed by atoms with Crippen molar-refractivity contribution in [1.29, 1.82) is 0 Å². The molecule has 146 valence electrons. The number of H-pyrrole nitrogens is 2. The van der Waals surface area contributed by atoms with Gasteiger partial charge in [-0.05, 0) is 45.8 Å². The van der Waals surface area contributed by atoms with Crippen molar-refractivity contribution in [3.8, 4) is 0 Å². The Kier molecular flexibility index (Phi) is 5.27. The van der Waals surface area contributed by atoms with Gasteiger partial charge in [0.25, 0.3) is 0 Å². The minimum Gasteiger partial charge on any atom is -0.355 e. The van der Waals surface area contributed by atoms with Gasteiger partial charge in [0.05, 0.1) is 29.4 Å². The smallest absolute Gasteiger partial charge is 0.234 e. The Morgan fingerprint density at radius 1 is 1.00 bits per heavy atom. The minimum atomic E-state index is -0.852. The molecule has 5 nitrogen and oxygen atoms in total. The molecule has 1 aromatic carbocycles. The number of hydrogen-bond acceptors (Lipinski definition) is 3. The van der Waals surface area contributed by atoms with E-state index < -0.39 is 6.29 Å². The number of rotatable bonds is 5. The molecule has 4 rings (SSSR count). The molecule has 3 aromatic rings. The second-order valence-corrected chi connectivity index (χ2v) is 8.77. The SMILES string of the molecule is CC1(C)COC(C(=O)c2ccc(C(c3ccccc3)c3ccc(Br)[nH]3)[nH]2)OC1. The van der Waals surface area contributed by atoms with Crippen LogP contribution in [0.3, 0.4) is 0 Å². The van der Waals surface area contributed by atoms with E-state index in [0.717, 1.165) is 21.6 Å². The number of ketones is 1. The van der Waals surface area contributed by atoms with Crippen LogP contribution < -0.4 is 0 Å². The van der Waals surface area contributed by atoms with Gasteiger partial charge in [0.1, 0.15) is 0 Å². The molecule has 2 N–H and O–H groups in total. The summed E-state index contributed by atoms with van der Waals surface area (Å²) >= 11 is 3.48. The van der Waals surface area contributed by atoms with Gasteiger partial charge in [-0.2, -0.15) is 0 Å². The highest BCUT2D eigenvalue weighted by molar-refractivity contribution is 9.10. The summed E-state index contributed by atoms with van der Waals surface area (Å²) in [6.45, 7) is 5.11. The maximum absolute atomic E-state index is 12.8. The van der Waals surface area contributed by atoms with E-state index in [9.17, 15) is 4.79 Å². The Hall–Kier alpha value is -2.15. The molecule has 6 heteroatoms. The zero-order chi connectivity index (χ0) is 19.7. The number of aromatic nitrogens is 2. The third-order valence-electron chi connectivity index (χ3n) is 4.87. The second-order valence-electron chi connectivity index (χ2n) is 7.92. The summed E-state index contributed by atoms with van der Waals surface area (Å²) in [6, 6.07) is 18.0. The summed E-state index contributed by atoms with van der Waals surface area (Å²) in [4.78, 5) is 19.5. The Bertz CT molecular complexity index is 951. The van der Waals surface area contributed by atoms with Crippen molar-refractivity contribution in [2.75, 3.05) is 13.2 Å². The molecule has 0 radical (unpaired) electrons. The van der Waals surface area contributed by atoms with Gasteiger partial charge in [-0.3, -0.25) is 4.79 Å². The number of Topliss-reactive ketones (excluding diaryl/α,β-unsaturated/α-hetero) is 1. The molecule has 3 heterocycles. The zero-order valence-corrected chi connectivity index (χ0v) is 17.5. The third-order valence-corrected chi connectivity index (χ3v) is 5.33. The predicted molar refractivity (Wildman–Crippen MR) is 110 cm³/mol. The molecule has 0 aliphatic carbocycles. The van der Waals surface area contributed by atoms with Crippen molar-refractivity contribution in [3.63, 3.8) is 0 Å². The molecule has 1 aliphatic heterocycles. The van der Waals surface area contributed by atoms with Gasteiger partial charge < -0.3 is 19.4 Å². The second kappa shape index (κ2) is 7.70. The molecule has 0 bridgehead atoms. The average Bonchev–Trinajstić information content (AvgIpc) is 3.32. The summed E-state index contributed by atoms with van der Waals surface area (Å²) in [6.07, 6.45) is -0.852. The highest BCUT2D eigenvalue weighted by Crippen LogP contribution is 2.32. The normalized spacial score (nSPS) is 18.1. The number of aromatic amines is 2. The summed E-state index contributed by atoms with van der Waals surface area (Å²) < 4.78 is 12.2. The summed E-state index contributed by atoms with van der Waals surface area (Å²) in [5.41, 5.74) is 3.51. The van der Waals surface area contributed by atoms with Gasteiger partial charge in [0.15, 0.2) is 0 Å². The van der Waals surface area contributed by atoms with Crippen LogP contribution in [-0.4, -0.2) is 35.3 Å². The van der Waals surface area contributed by atoms with E-state index in [0.29, 0.717) is 18.9 Å². The number of halogens is 1. The van der Waals surface area contributed by atoms with Crippen molar-refractivity contribution in [2.45, 2.75) is 26.1 Å². The average molecular weight is 443 g/mol. The van der Waals surface area contributed by atoms with E-state index in [1.165, 1.54) is 0 Å². The van der Waals surface area contributed by atoms with Gasteiger partial charge in [0, 0.05) is 16.8 Å². The van der Waals surface area contributed by atoms with Crippen molar-refractivity contribution < 1.29 is 14.3 Å². The van der Waals surface area contributed by atoms with E-state index in [1.807, 2.05) is 36.4 Å². The van der Waals surface area contributed by atoms with Crippen LogP contribution in [-0.2, 0) is 9.47 Å². The molecule has 1 unspecified atom stereocenters.